The summed E-state index contributed by atoms with van der Waals surface area (Å²) in [4.78, 5) is 14.7. The summed E-state index contributed by atoms with van der Waals surface area (Å²) >= 11 is 0. The zero-order valence-electron chi connectivity index (χ0n) is 12.5. The van der Waals surface area contributed by atoms with E-state index < -0.39 is 17.2 Å². The van der Waals surface area contributed by atoms with Crippen molar-refractivity contribution < 1.29 is 18.3 Å². The molecule has 0 N–H and O–H groups in total. The fourth-order valence-corrected chi connectivity index (χ4v) is 2.70. The number of hydrogen-bond acceptors (Lipinski definition) is 3. The molecule has 1 fully saturated rings. The van der Waals surface area contributed by atoms with Crippen LogP contribution in [-0.2, 0) is 16.0 Å². The smallest absolute Gasteiger partial charge is 0.162 e. The summed E-state index contributed by atoms with van der Waals surface area (Å²) in [7, 11) is 0. The highest BCUT2D eigenvalue weighted by Gasteiger charge is 2.38. The van der Waals surface area contributed by atoms with Crippen molar-refractivity contribution in [3.05, 3.63) is 35.4 Å². The van der Waals surface area contributed by atoms with Gasteiger partial charge in [0, 0.05) is 19.5 Å². The molecule has 1 aliphatic rings. The average Bonchev–Trinajstić information content (AvgIpc) is 2.51. The molecule has 0 bridgehead atoms. The van der Waals surface area contributed by atoms with Crippen molar-refractivity contribution in [2.24, 2.45) is 0 Å². The van der Waals surface area contributed by atoms with Crippen molar-refractivity contribution in [3.8, 4) is 0 Å². The van der Waals surface area contributed by atoms with Gasteiger partial charge in [0.1, 0.15) is 0 Å². The zero-order valence-corrected chi connectivity index (χ0v) is 12.5. The molecule has 21 heavy (non-hydrogen) atoms. The summed E-state index contributed by atoms with van der Waals surface area (Å²) < 4.78 is 32.3. The van der Waals surface area contributed by atoms with E-state index in [0.717, 1.165) is 6.07 Å². The minimum Gasteiger partial charge on any atom is -0.379 e. The third kappa shape index (κ3) is 3.30. The first-order valence-corrected chi connectivity index (χ1v) is 7.28. The zero-order chi connectivity index (χ0) is 15.5. The molecular weight excluding hydrogens is 276 g/mol. The maximum atomic E-state index is 13.7. The van der Waals surface area contributed by atoms with Crippen LogP contribution in [0.25, 0.3) is 0 Å². The van der Waals surface area contributed by atoms with Crippen LogP contribution in [0.5, 0.6) is 0 Å². The molecule has 1 unspecified atom stereocenters. The van der Waals surface area contributed by atoms with Gasteiger partial charge in [-0.1, -0.05) is 19.1 Å². The lowest BCUT2D eigenvalue weighted by Crippen LogP contribution is -2.56. The molecular formula is C16H21F2NO2. The highest BCUT2D eigenvalue weighted by atomic mass is 19.2. The van der Waals surface area contributed by atoms with Crippen LogP contribution in [0.15, 0.2) is 18.2 Å². The summed E-state index contributed by atoms with van der Waals surface area (Å²) in [6.45, 7) is 6.37. The summed E-state index contributed by atoms with van der Waals surface area (Å²) in [6.07, 6.45) is 0.536. The van der Waals surface area contributed by atoms with Crippen LogP contribution in [0.3, 0.4) is 0 Å². The maximum Gasteiger partial charge on any atom is 0.162 e. The summed E-state index contributed by atoms with van der Waals surface area (Å²) in [6, 6.07) is 3.95. The van der Waals surface area contributed by atoms with Crippen LogP contribution >= 0.6 is 0 Å². The SMILES string of the molecule is CCC(C)(C(=O)Cc1cccc(F)c1F)N1CCOCC1. The van der Waals surface area contributed by atoms with Gasteiger partial charge in [0.25, 0.3) is 0 Å². The van der Waals surface area contributed by atoms with Gasteiger partial charge in [-0.05, 0) is 25.0 Å². The Morgan fingerprint density at radius 1 is 1.33 bits per heavy atom. The van der Waals surface area contributed by atoms with Gasteiger partial charge < -0.3 is 4.74 Å². The molecule has 1 saturated heterocycles. The monoisotopic (exact) mass is 297 g/mol. The molecule has 0 saturated carbocycles. The van der Waals surface area contributed by atoms with Gasteiger partial charge in [-0.3, -0.25) is 9.69 Å². The molecule has 2 rings (SSSR count). The predicted molar refractivity (Wildman–Crippen MR) is 76.2 cm³/mol. The highest BCUT2D eigenvalue weighted by Crippen LogP contribution is 2.25. The number of halogens is 2. The third-order valence-electron chi connectivity index (χ3n) is 4.38. The van der Waals surface area contributed by atoms with Crippen LogP contribution in [0.1, 0.15) is 25.8 Å². The molecule has 3 nitrogen and oxygen atoms in total. The number of ether oxygens (including phenoxy) is 1. The minimum atomic E-state index is -0.925. The van der Waals surface area contributed by atoms with Gasteiger partial charge >= 0.3 is 0 Å². The van der Waals surface area contributed by atoms with Crippen LogP contribution in [0.2, 0.25) is 0 Å². The van der Waals surface area contributed by atoms with Gasteiger partial charge in [-0.15, -0.1) is 0 Å². The van der Waals surface area contributed by atoms with Gasteiger partial charge in [-0.25, -0.2) is 8.78 Å². The molecule has 1 aromatic carbocycles. The summed E-state index contributed by atoms with van der Waals surface area (Å²) in [5.74, 6) is -1.92. The van der Waals surface area contributed by atoms with Gasteiger partial charge in [0.05, 0.1) is 18.8 Å². The van der Waals surface area contributed by atoms with Gasteiger partial charge in [0.15, 0.2) is 17.4 Å². The van der Waals surface area contributed by atoms with E-state index in [1.54, 1.807) is 0 Å². The lowest BCUT2D eigenvalue weighted by molar-refractivity contribution is -0.133. The Bertz CT molecular complexity index is 515. The number of morpholine rings is 1. The Morgan fingerprint density at radius 2 is 2.00 bits per heavy atom. The largest absolute Gasteiger partial charge is 0.379 e. The fraction of sp³-hybridized carbons (Fsp3) is 0.562. The number of ketones is 1. The lowest BCUT2D eigenvalue weighted by Gasteiger charge is -2.41. The molecule has 116 valence electrons. The molecule has 1 aliphatic heterocycles. The second-order valence-corrected chi connectivity index (χ2v) is 5.54. The number of nitrogens with zero attached hydrogens (tertiary/aromatic N) is 1. The Balaban J connectivity index is 2.17. The topological polar surface area (TPSA) is 29.5 Å². The number of carbonyl (C=O) groups is 1. The van der Waals surface area contributed by atoms with E-state index in [4.69, 9.17) is 4.74 Å². The van der Waals surface area contributed by atoms with E-state index in [0.29, 0.717) is 32.7 Å². The van der Waals surface area contributed by atoms with Crippen molar-refractivity contribution >= 4 is 5.78 Å². The molecule has 0 spiro atoms. The fourth-order valence-electron chi connectivity index (χ4n) is 2.70. The Morgan fingerprint density at radius 3 is 2.62 bits per heavy atom. The molecule has 0 aromatic heterocycles. The molecule has 1 aromatic rings. The van der Waals surface area contributed by atoms with Crippen molar-refractivity contribution in [2.75, 3.05) is 26.3 Å². The number of rotatable bonds is 5. The first-order valence-electron chi connectivity index (χ1n) is 7.28. The van der Waals surface area contributed by atoms with Crippen LogP contribution in [-0.4, -0.2) is 42.5 Å². The van der Waals surface area contributed by atoms with Crippen molar-refractivity contribution in [2.45, 2.75) is 32.2 Å². The lowest BCUT2D eigenvalue weighted by atomic mass is 9.87. The van der Waals surface area contributed by atoms with Crippen molar-refractivity contribution in [1.29, 1.82) is 0 Å². The third-order valence-corrected chi connectivity index (χ3v) is 4.38. The van der Waals surface area contributed by atoms with Crippen molar-refractivity contribution in [3.63, 3.8) is 0 Å². The molecule has 1 heterocycles. The molecule has 0 radical (unpaired) electrons. The van der Waals surface area contributed by atoms with Crippen LogP contribution in [0, 0.1) is 11.6 Å². The summed E-state index contributed by atoms with van der Waals surface area (Å²) in [5.41, 5.74) is -0.546. The molecule has 1 atom stereocenters. The van der Waals surface area contributed by atoms with Gasteiger partial charge in [-0.2, -0.15) is 0 Å². The van der Waals surface area contributed by atoms with E-state index in [9.17, 15) is 13.6 Å². The Labute approximate surface area is 123 Å². The second-order valence-electron chi connectivity index (χ2n) is 5.54. The quantitative estimate of drug-likeness (QED) is 0.836. The number of hydrogen-bond donors (Lipinski definition) is 0. The van der Waals surface area contributed by atoms with Crippen molar-refractivity contribution in [1.82, 2.24) is 4.90 Å². The number of benzene rings is 1. The predicted octanol–water partition coefficient (Wildman–Crippen LogP) is 2.58. The van der Waals surface area contributed by atoms with Gasteiger partial charge in [0.2, 0.25) is 0 Å². The second kappa shape index (κ2) is 6.62. The average molecular weight is 297 g/mol. The van der Waals surface area contributed by atoms with E-state index in [1.165, 1.54) is 12.1 Å². The Hall–Kier alpha value is -1.33. The van der Waals surface area contributed by atoms with Crippen LogP contribution < -0.4 is 0 Å². The first kappa shape index (κ1) is 16.0. The molecule has 0 amide bonds. The van der Waals surface area contributed by atoms with E-state index in [2.05, 4.69) is 4.90 Å². The normalized spacial score (nSPS) is 19.2. The van der Waals surface area contributed by atoms with E-state index >= 15 is 0 Å². The number of Topliss-reactive ketones (excluding diaryl/α,β-unsaturated/α-hetero) is 1. The highest BCUT2D eigenvalue weighted by molar-refractivity contribution is 5.89. The van der Waals surface area contributed by atoms with E-state index in [-0.39, 0.29) is 17.8 Å². The van der Waals surface area contributed by atoms with Crippen LogP contribution in [0.4, 0.5) is 8.78 Å². The van der Waals surface area contributed by atoms with E-state index in [1.807, 2.05) is 13.8 Å². The summed E-state index contributed by atoms with van der Waals surface area (Å²) in [5, 5.41) is 0. The minimum absolute atomic E-state index is 0.0867. The number of carbonyl (C=O) groups excluding carboxylic acids is 1. The molecule has 5 heteroatoms. The Kier molecular flexibility index (Phi) is 5.06. The standard InChI is InChI=1S/C16H21F2NO2/c1-3-16(2,19-7-9-21-10-8-19)14(20)11-12-5-4-6-13(17)15(12)18/h4-6H,3,7-11H2,1-2H3. The maximum absolute atomic E-state index is 13.7. The first-order chi connectivity index (χ1) is 9.99. The molecule has 0 aliphatic carbocycles.